The minimum Gasteiger partial charge on any atom is -0.364 e. The third-order valence-electron chi connectivity index (χ3n) is 26.3. The molecular weight excluding hydrogens is 1130 g/mol. The molecular formula is C82H86N6P2. The fourth-order valence-corrected chi connectivity index (χ4v) is 34.6. The summed E-state index contributed by atoms with van der Waals surface area (Å²) in [5.41, 5.74) is 15.8. The summed E-state index contributed by atoms with van der Waals surface area (Å²) < 4.78 is 0. The Hall–Kier alpha value is -6.58. The molecule has 12 aliphatic rings. The fourth-order valence-electron chi connectivity index (χ4n) is 24.1. The molecule has 6 saturated heterocycles. The molecule has 8 aromatic carbocycles. The molecule has 90 heavy (non-hydrogen) atoms. The molecule has 20 rings (SSSR count). The predicted molar refractivity (Wildman–Crippen MR) is 376 cm³/mol. The third-order valence-corrected chi connectivity index (χ3v) is 34.5. The topological polar surface area (TPSA) is 19.4 Å². The molecule has 0 bridgehead atoms. The van der Waals surface area contributed by atoms with Crippen molar-refractivity contribution in [3.05, 3.63) is 254 Å². The number of para-hydroxylation sites is 6. The standard InChI is InChI=1S/C82H86N6P2/c1-9-27-53(28-10-1)55-47-69-79-71(49-55)85(59-35-17-5-18-36-59)73-51-63-64(75-81(73)89(79)77-65(83(69)57-31-13-3-14-32-57)43-25-45-67(77)87(75)61-39-21-7-22-40-61)52-74-82-76(63)88(62-41-23-8-24-42-62)68-46-26-44-66-78(68)90(82)80-70(84(66)58-33-15-4-16-34-58)48-56(54-29-11-2-12-30-54)50-72(80)86(74)60-37-19-6-20-38-60/h1-24,27-42,55-56,63-82H,25-26,43-52H2. The van der Waals surface area contributed by atoms with E-state index in [4.69, 9.17) is 0 Å². The fraction of sp³-hybridized carbons (Fsp3) is 0.415. The Kier molecular flexibility index (Phi) is 12.9. The van der Waals surface area contributed by atoms with E-state index in [0.717, 1.165) is 0 Å². The van der Waals surface area contributed by atoms with E-state index in [1.165, 1.54) is 111 Å². The smallest absolute Gasteiger partial charge is 0.0413 e. The van der Waals surface area contributed by atoms with Crippen LogP contribution in [0.25, 0.3) is 0 Å². The maximum atomic E-state index is 3.31. The average Bonchev–Trinajstić information content (AvgIpc) is 0.669. The summed E-state index contributed by atoms with van der Waals surface area (Å²) in [5.74, 6) is 2.08. The van der Waals surface area contributed by atoms with Crippen LogP contribution in [0.3, 0.4) is 0 Å². The van der Waals surface area contributed by atoms with Crippen molar-refractivity contribution < 1.29 is 0 Å². The largest absolute Gasteiger partial charge is 0.364 e. The van der Waals surface area contributed by atoms with Crippen molar-refractivity contribution in [2.45, 2.75) is 195 Å². The summed E-state index contributed by atoms with van der Waals surface area (Å²) in [6.07, 6.45) is 15.4. The Morgan fingerprint density at radius 2 is 0.444 bits per heavy atom. The minimum absolute atomic E-state index is 0.436. The highest BCUT2D eigenvalue weighted by Crippen LogP contribution is 2.79. The van der Waals surface area contributed by atoms with Crippen LogP contribution in [-0.4, -0.2) is 106 Å². The van der Waals surface area contributed by atoms with Crippen molar-refractivity contribution >= 4 is 50.0 Å². The van der Waals surface area contributed by atoms with Gasteiger partial charge in [0.15, 0.2) is 0 Å². The van der Waals surface area contributed by atoms with Crippen LogP contribution >= 0.6 is 15.8 Å². The van der Waals surface area contributed by atoms with E-state index in [0.29, 0.717) is 130 Å². The molecule has 24 unspecified atom stereocenters. The molecule has 6 heterocycles. The van der Waals surface area contributed by atoms with E-state index in [1.807, 2.05) is 0 Å². The second kappa shape index (κ2) is 21.5. The SMILES string of the molecule is c1ccc(C2CC3C4C(C2)N(c2ccccc2)C2CC5C(CC6C7C5N(c5ccccc5)C5CCCC8C5P7C5C(CC(c7ccccc7)CC5N6c5ccccc5)N8c5ccccc5)C5C2P4C2C(CCCC2N5c2ccccc2)N3c2ccccc2)cc1. The highest BCUT2D eigenvalue weighted by molar-refractivity contribution is 7.61. The van der Waals surface area contributed by atoms with Crippen LogP contribution in [-0.2, 0) is 0 Å². The Bertz CT molecular complexity index is 3590. The van der Waals surface area contributed by atoms with Crippen molar-refractivity contribution in [2.24, 2.45) is 11.8 Å². The van der Waals surface area contributed by atoms with Gasteiger partial charge in [-0.3, -0.25) is 0 Å². The molecule has 0 aromatic heterocycles. The summed E-state index contributed by atoms with van der Waals surface area (Å²) in [4.78, 5) is 19.5. The Morgan fingerprint density at radius 1 is 0.222 bits per heavy atom. The number of hydrogen-bond donors (Lipinski definition) is 0. The second-order valence-electron chi connectivity index (χ2n) is 29.8. The normalized spacial score (nSPS) is 39.6. The lowest BCUT2D eigenvalue weighted by Gasteiger charge is -2.79. The van der Waals surface area contributed by atoms with Crippen LogP contribution < -0.4 is 29.4 Å². The van der Waals surface area contributed by atoms with E-state index in [-0.39, 0.29) is 0 Å². The lowest BCUT2D eigenvalue weighted by Crippen LogP contribution is -2.85. The summed E-state index contributed by atoms with van der Waals surface area (Å²) in [6.45, 7) is 0. The zero-order chi connectivity index (χ0) is 58.7. The van der Waals surface area contributed by atoms with Crippen molar-refractivity contribution in [1.82, 2.24) is 0 Å². The van der Waals surface area contributed by atoms with Crippen LogP contribution in [0.15, 0.2) is 243 Å². The van der Waals surface area contributed by atoms with E-state index >= 15 is 0 Å². The summed E-state index contributed by atoms with van der Waals surface area (Å²) in [6, 6.07) is 103. The Balaban J connectivity index is 0.836. The zero-order valence-electron chi connectivity index (χ0n) is 51.9. The zero-order valence-corrected chi connectivity index (χ0v) is 53.6. The van der Waals surface area contributed by atoms with Gasteiger partial charge in [-0.05, 0) is 185 Å². The van der Waals surface area contributed by atoms with Gasteiger partial charge < -0.3 is 29.4 Å². The van der Waals surface area contributed by atoms with Crippen molar-refractivity contribution in [3.8, 4) is 0 Å². The molecule has 12 fully saturated rings. The van der Waals surface area contributed by atoms with Gasteiger partial charge in [-0.2, -0.15) is 0 Å². The van der Waals surface area contributed by atoms with Crippen LogP contribution in [0.4, 0.5) is 34.1 Å². The lowest BCUT2D eigenvalue weighted by atomic mass is 9.59. The first-order valence-corrected chi connectivity index (χ1v) is 38.5. The highest BCUT2D eigenvalue weighted by atomic mass is 31.1. The first kappa shape index (κ1) is 54.0. The average molecular weight is 1220 g/mol. The number of hydrogen-bond acceptors (Lipinski definition) is 6. The molecule has 8 aromatic rings. The van der Waals surface area contributed by atoms with Gasteiger partial charge in [0.1, 0.15) is 0 Å². The van der Waals surface area contributed by atoms with Crippen molar-refractivity contribution in [2.75, 3.05) is 29.4 Å². The summed E-state index contributed by atoms with van der Waals surface area (Å²) in [7, 11) is -0.871. The summed E-state index contributed by atoms with van der Waals surface area (Å²) in [5, 5.41) is 0. The second-order valence-corrected chi connectivity index (χ2v) is 35.1. The van der Waals surface area contributed by atoms with Gasteiger partial charge in [0.2, 0.25) is 0 Å². The molecule has 8 heteroatoms. The van der Waals surface area contributed by atoms with Gasteiger partial charge >= 0.3 is 0 Å². The van der Waals surface area contributed by atoms with E-state index in [9.17, 15) is 0 Å². The van der Waals surface area contributed by atoms with E-state index in [2.05, 4.69) is 272 Å². The minimum atomic E-state index is -0.436. The molecule has 6 nitrogen and oxygen atoms in total. The Morgan fingerprint density at radius 3 is 0.733 bits per heavy atom. The van der Waals surface area contributed by atoms with E-state index < -0.39 is 15.8 Å². The number of fused-ring (bicyclic) bond motifs is 3. The van der Waals surface area contributed by atoms with Gasteiger partial charge in [-0.25, -0.2) is 0 Å². The van der Waals surface area contributed by atoms with Gasteiger partial charge in [0, 0.05) is 141 Å². The lowest BCUT2D eigenvalue weighted by molar-refractivity contribution is 0.0554. The number of nitrogens with zero attached hydrogens (tertiary/aromatic N) is 6. The molecule has 6 aliphatic heterocycles. The van der Waals surface area contributed by atoms with Gasteiger partial charge in [0.25, 0.3) is 0 Å². The molecule has 6 saturated carbocycles. The molecule has 6 aliphatic carbocycles. The molecule has 0 radical (unpaired) electrons. The molecule has 24 atom stereocenters. The number of anilines is 6. The Labute approximate surface area is 537 Å². The van der Waals surface area contributed by atoms with Gasteiger partial charge in [0.05, 0.1) is 0 Å². The monoisotopic (exact) mass is 1220 g/mol. The number of rotatable bonds is 8. The molecule has 0 spiro atoms. The van der Waals surface area contributed by atoms with Crippen molar-refractivity contribution in [1.29, 1.82) is 0 Å². The molecule has 0 amide bonds. The quantitative estimate of drug-likeness (QED) is 0.140. The van der Waals surface area contributed by atoms with Gasteiger partial charge in [-0.1, -0.05) is 186 Å². The van der Waals surface area contributed by atoms with Crippen LogP contribution in [0.2, 0.25) is 0 Å². The van der Waals surface area contributed by atoms with E-state index in [1.54, 1.807) is 11.1 Å². The molecule has 0 N–H and O–H groups in total. The summed E-state index contributed by atoms with van der Waals surface area (Å²) >= 11 is 0. The van der Waals surface area contributed by atoms with Crippen LogP contribution in [0.5, 0.6) is 0 Å². The number of benzene rings is 8. The molecule has 454 valence electrons. The predicted octanol–water partition coefficient (Wildman–Crippen LogP) is 17.3. The van der Waals surface area contributed by atoms with Crippen LogP contribution in [0.1, 0.15) is 100 Å². The highest BCUT2D eigenvalue weighted by Gasteiger charge is 2.76. The maximum absolute atomic E-state index is 3.31. The van der Waals surface area contributed by atoms with Gasteiger partial charge in [-0.15, -0.1) is 0 Å². The maximum Gasteiger partial charge on any atom is 0.0413 e. The van der Waals surface area contributed by atoms with Crippen LogP contribution in [0, 0.1) is 11.8 Å². The first-order valence-electron chi connectivity index (χ1n) is 35.4. The first-order chi connectivity index (χ1) is 44.7. The third kappa shape index (κ3) is 7.95. The van der Waals surface area contributed by atoms with Crippen molar-refractivity contribution in [3.63, 3.8) is 0 Å².